The molecule has 1 heterocycles. The molecule has 110 valence electrons. The van der Waals surface area contributed by atoms with Crippen LogP contribution in [0.15, 0.2) is 24.3 Å². The fourth-order valence-corrected chi connectivity index (χ4v) is 2.40. The van der Waals surface area contributed by atoms with Gasteiger partial charge in [-0.2, -0.15) is 0 Å². The summed E-state index contributed by atoms with van der Waals surface area (Å²) in [5.41, 5.74) is 6.56. The number of hydrogen-bond donors (Lipinski definition) is 3. The third-order valence-electron chi connectivity index (χ3n) is 3.59. The Kier molecular flexibility index (Phi) is 4.62. The van der Waals surface area contributed by atoms with Crippen LogP contribution in [-0.4, -0.2) is 35.8 Å². The molecule has 1 aliphatic rings. The molecule has 1 saturated heterocycles. The van der Waals surface area contributed by atoms with Gasteiger partial charge < -0.3 is 20.9 Å². The Morgan fingerprint density at radius 2 is 2.20 bits per heavy atom. The maximum Gasteiger partial charge on any atom is 0.237 e. The Bertz CT molecular complexity index is 453. The van der Waals surface area contributed by atoms with Crippen LogP contribution < -0.4 is 11.1 Å². The minimum absolute atomic E-state index is 0.161. The molecule has 1 amide bonds. The second-order valence-electron chi connectivity index (χ2n) is 5.68. The molecule has 0 aromatic heterocycles. The number of aromatic hydroxyl groups is 1. The van der Waals surface area contributed by atoms with Crippen molar-refractivity contribution in [2.24, 2.45) is 5.73 Å². The summed E-state index contributed by atoms with van der Waals surface area (Å²) in [4.78, 5) is 12.1. The largest absolute Gasteiger partial charge is 0.508 e. The number of ether oxygens (including phenoxy) is 1. The summed E-state index contributed by atoms with van der Waals surface area (Å²) in [5, 5.41) is 12.2. The van der Waals surface area contributed by atoms with Crippen LogP contribution in [-0.2, 0) is 16.0 Å². The van der Waals surface area contributed by atoms with Gasteiger partial charge in [-0.25, -0.2) is 0 Å². The van der Waals surface area contributed by atoms with Crippen LogP contribution in [0.3, 0.4) is 0 Å². The molecule has 5 heteroatoms. The van der Waals surface area contributed by atoms with Crippen molar-refractivity contribution >= 4 is 5.91 Å². The van der Waals surface area contributed by atoms with Gasteiger partial charge in [0.2, 0.25) is 5.91 Å². The zero-order chi connectivity index (χ0) is 14.6. The Balaban J connectivity index is 1.89. The molecule has 1 aliphatic heterocycles. The second-order valence-corrected chi connectivity index (χ2v) is 5.68. The highest BCUT2D eigenvalue weighted by molar-refractivity contribution is 5.82. The van der Waals surface area contributed by atoms with Gasteiger partial charge in [0.15, 0.2) is 0 Å². The van der Waals surface area contributed by atoms with E-state index in [-0.39, 0.29) is 17.2 Å². The molecular weight excluding hydrogens is 256 g/mol. The summed E-state index contributed by atoms with van der Waals surface area (Å²) >= 11 is 0. The zero-order valence-electron chi connectivity index (χ0n) is 11.8. The lowest BCUT2D eigenvalue weighted by atomic mass is 9.94. The number of nitrogens with two attached hydrogens (primary N) is 1. The van der Waals surface area contributed by atoms with Crippen LogP contribution in [0.5, 0.6) is 5.75 Å². The zero-order valence-corrected chi connectivity index (χ0v) is 11.8. The van der Waals surface area contributed by atoms with Crippen LogP contribution in [0, 0.1) is 0 Å². The normalized spacial score (nSPS) is 24.1. The summed E-state index contributed by atoms with van der Waals surface area (Å²) < 4.78 is 5.41. The van der Waals surface area contributed by atoms with Crippen molar-refractivity contribution in [1.82, 2.24) is 5.32 Å². The highest BCUT2D eigenvalue weighted by Crippen LogP contribution is 2.18. The van der Waals surface area contributed by atoms with Gasteiger partial charge in [0.25, 0.3) is 0 Å². The average molecular weight is 278 g/mol. The molecule has 20 heavy (non-hydrogen) atoms. The number of hydrogen-bond acceptors (Lipinski definition) is 4. The molecule has 1 unspecified atom stereocenters. The van der Waals surface area contributed by atoms with Crippen molar-refractivity contribution in [3.8, 4) is 5.75 Å². The van der Waals surface area contributed by atoms with E-state index in [4.69, 9.17) is 10.5 Å². The number of amides is 1. The third-order valence-corrected chi connectivity index (χ3v) is 3.59. The minimum atomic E-state index is -0.599. The first kappa shape index (κ1) is 14.8. The highest BCUT2D eigenvalue weighted by atomic mass is 16.5. The maximum absolute atomic E-state index is 12.1. The fourth-order valence-electron chi connectivity index (χ4n) is 2.40. The number of phenolic OH excluding ortho intramolecular Hbond substituents is 1. The van der Waals surface area contributed by atoms with E-state index in [0.717, 1.165) is 25.0 Å². The molecule has 2 atom stereocenters. The topological polar surface area (TPSA) is 84.6 Å². The first-order chi connectivity index (χ1) is 9.48. The molecule has 1 aromatic rings. The Morgan fingerprint density at radius 1 is 1.50 bits per heavy atom. The molecule has 0 bridgehead atoms. The predicted octanol–water partition coefficient (Wildman–Crippen LogP) is 0.947. The molecular formula is C15H22N2O3. The molecule has 0 saturated carbocycles. The summed E-state index contributed by atoms with van der Waals surface area (Å²) in [6, 6.07) is 6.13. The smallest absolute Gasteiger partial charge is 0.237 e. The number of carbonyl (C=O) groups is 1. The minimum Gasteiger partial charge on any atom is -0.508 e. The fraction of sp³-hybridized carbons (Fsp3) is 0.533. The van der Waals surface area contributed by atoms with Crippen molar-refractivity contribution in [2.75, 3.05) is 13.2 Å². The molecule has 5 nitrogen and oxygen atoms in total. The molecule has 0 spiro atoms. The van der Waals surface area contributed by atoms with E-state index in [1.165, 1.54) is 0 Å². The van der Waals surface area contributed by atoms with Gasteiger partial charge in [-0.1, -0.05) is 12.1 Å². The van der Waals surface area contributed by atoms with Crippen molar-refractivity contribution in [1.29, 1.82) is 0 Å². The number of nitrogens with one attached hydrogen (secondary N) is 1. The van der Waals surface area contributed by atoms with E-state index >= 15 is 0 Å². The van der Waals surface area contributed by atoms with Gasteiger partial charge in [0.1, 0.15) is 5.75 Å². The van der Waals surface area contributed by atoms with Crippen molar-refractivity contribution < 1.29 is 14.6 Å². The number of rotatable bonds is 4. The quantitative estimate of drug-likeness (QED) is 0.765. The summed E-state index contributed by atoms with van der Waals surface area (Å²) in [5.74, 6) is 0.0460. The monoisotopic (exact) mass is 278 g/mol. The maximum atomic E-state index is 12.1. The van der Waals surface area contributed by atoms with Crippen LogP contribution in [0.1, 0.15) is 25.3 Å². The van der Waals surface area contributed by atoms with Crippen LogP contribution in [0.25, 0.3) is 0 Å². The summed E-state index contributed by atoms with van der Waals surface area (Å²) in [6.45, 7) is 3.27. The molecule has 1 aromatic carbocycles. The average Bonchev–Trinajstić information content (AvgIpc) is 2.41. The van der Waals surface area contributed by atoms with Gasteiger partial charge >= 0.3 is 0 Å². The van der Waals surface area contributed by atoms with Crippen molar-refractivity contribution in [3.63, 3.8) is 0 Å². The number of benzene rings is 1. The molecule has 0 radical (unpaired) electrons. The molecule has 4 N–H and O–H groups in total. The second kappa shape index (κ2) is 6.24. The first-order valence-electron chi connectivity index (χ1n) is 6.92. The standard InChI is InChI=1S/C15H22N2O3/c1-15(7-2-8-20-10-15)17-14(19)13(16)9-11-3-5-12(18)6-4-11/h3-6,13,18H,2,7-10,16H2,1H3,(H,17,19)/t13-,15?/m0/s1. The van der Waals surface area contributed by atoms with Crippen LogP contribution >= 0.6 is 0 Å². The van der Waals surface area contributed by atoms with Crippen molar-refractivity contribution in [2.45, 2.75) is 37.8 Å². The van der Waals surface area contributed by atoms with E-state index in [2.05, 4.69) is 5.32 Å². The third kappa shape index (κ3) is 3.95. The lowest BCUT2D eigenvalue weighted by molar-refractivity contribution is -0.125. The Labute approximate surface area is 119 Å². The predicted molar refractivity (Wildman–Crippen MR) is 76.4 cm³/mol. The van der Waals surface area contributed by atoms with Gasteiger partial charge in [-0.05, 0) is 43.9 Å². The van der Waals surface area contributed by atoms with Crippen LogP contribution in [0.2, 0.25) is 0 Å². The lowest BCUT2D eigenvalue weighted by Gasteiger charge is -2.35. The molecule has 2 rings (SSSR count). The lowest BCUT2D eigenvalue weighted by Crippen LogP contribution is -2.56. The number of carbonyl (C=O) groups excluding carboxylic acids is 1. The van der Waals surface area contributed by atoms with E-state index in [1.807, 2.05) is 6.92 Å². The van der Waals surface area contributed by atoms with Gasteiger partial charge in [-0.15, -0.1) is 0 Å². The van der Waals surface area contributed by atoms with E-state index < -0.39 is 6.04 Å². The number of phenols is 1. The summed E-state index contributed by atoms with van der Waals surface area (Å²) in [7, 11) is 0. The first-order valence-corrected chi connectivity index (χ1v) is 6.92. The van der Waals surface area contributed by atoms with E-state index in [0.29, 0.717) is 13.0 Å². The Hall–Kier alpha value is -1.59. The Morgan fingerprint density at radius 3 is 2.80 bits per heavy atom. The molecule has 0 aliphatic carbocycles. The highest BCUT2D eigenvalue weighted by Gasteiger charge is 2.30. The van der Waals surface area contributed by atoms with E-state index in [9.17, 15) is 9.90 Å². The van der Waals surface area contributed by atoms with Crippen molar-refractivity contribution in [3.05, 3.63) is 29.8 Å². The van der Waals surface area contributed by atoms with E-state index in [1.54, 1.807) is 24.3 Å². The summed E-state index contributed by atoms with van der Waals surface area (Å²) in [6.07, 6.45) is 2.30. The van der Waals surface area contributed by atoms with Gasteiger partial charge in [-0.3, -0.25) is 4.79 Å². The van der Waals surface area contributed by atoms with Crippen LogP contribution in [0.4, 0.5) is 0 Å². The van der Waals surface area contributed by atoms with Gasteiger partial charge in [0.05, 0.1) is 18.2 Å². The van der Waals surface area contributed by atoms with Gasteiger partial charge in [0, 0.05) is 6.61 Å². The SMILES string of the molecule is CC1(NC(=O)[C@@H](N)Cc2ccc(O)cc2)CCCOC1. The molecule has 1 fully saturated rings.